The van der Waals surface area contributed by atoms with E-state index in [1.54, 1.807) is 4.90 Å². The number of benzene rings is 2. The van der Waals surface area contributed by atoms with Crippen LogP contribution in [0.4, 0.5) is 0 Å². The van der Waals surface area contributed by atoms with E-state index in [2.05, 4.69) is 5.32 Å². The van der Waals surface area contributed by atoms with E-state index in [1.165, 1.54) is 0 Å². The van der Waals surface area contributed by atoms with Crippen LogP contribution in [0.5, 0.6) is 0 Å². The Morgan fingerprint density at radius 2 is 1.82 bits per heavy atom. The van der Waals surface area contributed by atoms with Gasteiger partial charge in [0.1, 0.15) is 0 Å². The molecule has 4 rings (SSSR count). The molecule has 5 heteroatoms. The lowest BCUT2D eigenvalue weighted by Crippen LogP contribution is -2.66. The number of amides is 2. The summed E-state index contributed by atoms with van der Waals surface area (Å²) in [6, 6.07) is 15.9. The summed E-state index contributed by atoms with van der Waals surface area (Å²) in [6.45, 7) is 5.83. The van der Waals surface area contributed by atoms with Crippen LogP contribution in [-0.2, 0) is 29.2 Å². The Kier molecular flexibility index (Phi) is 4.94. The summed E-state index contributed by atoms with van der Waals surface area (Å²) in [5.74, 6) is 0.0143. The van der Waals surface area contributed by atoms with Crippen molar-refractivity contribution in [1.29, 1.82) is 0 Å². The van der Waals surface area contributed by atoms with Crippen LogP contribution in [0.3, 0.4) is 0 Å². The number of carbonyl (C=O) groups excluding carboxylic acids is 2. The summed E-state index contributed by atoms with van der Waals surface area (Å²) < 4.78 is 5.50. The quantitative estimate of drug-likeness (QED) is 0.870. The molecule has 28 heavy (non-hydrogen) atoms. The standard InChI is InChI=1S/C23H26N2O3/c1-16(2)24-22(27)23(11-17-7-4-3-5-8-17)14-25(15-23)21(26)19-10-6-9-18-12-28-13-20(18)19/h3-10,16H,11-15H2,1-2H3,(H,24,27). The molecule has 2 aliphatic rings. The third-order valence-electron chi connectivity index (χ3n) is 5.57. The maximum Gasteiger partial charge on any atom is 0.254 e. The van der Waals surface area contributed by atoms with Gasteiger partial charge in [-0.05, 0) is 43.0 Å². The molecule has 2 aliphatic heterocycles. The Labute approximate surface area is 165 Å². The van der Waals surface area contributed by atoms with Crippen molar-refractivity contribution in [3.8, 4) is 0 Å². The molecule has 0 unspecified atom stereocenters. The van der Waals surface area contributed by atoms with Crippen molar-refractivity contribution in [3.05, 3.63) is 70.8 Å². The summed E-state index contributed by atoms with van der Waals surface area (Å²) in [4.78, 5) is 27.9. The van der Waals surface area contributed by atoms with E-state index in [0.29, 0.717) is 38.3 Å². The normalized spacial score (nSPS) is 17.2. The molecule has 0 spiro atoms. The average Bonchev–Trinajstić information content (AvgIpc) is 3.12. The average molecular weight is 378 g/mol. The Hall–Kier alpha value is -2.66. The Bertz CT molecular complexity index is 886. The van der Waals surface area contributed by atoms with Gasteiger partial charge in [0.15, 0.2) is 0 Å². The van der Waals surface area contributed by atoms with Crippen molar-refractivity contribution in [2.75, 3.05) is 13.1 Å². The molecule has 2 aromatic carbocycles. The molecular formula is C23H26N2O3. The van der Waals surface area contributed by atoms with Crippen LogP contribution in [-0.4, -0.2) is 35.8 Å². The highest BCUT2D eigenvalue weighted by atomic mass is 16.5. The number of nitrogens with zero attached hydrogens (tertiary/aromatic N) is 1. The van der Waals surface area contributed by atoms with E-state index in [-0.39, 0.29) is 17.9 Å². The second-order valence-corrected chi connectivity index (χ2v) is 8.17. The number of ether oxygens (including phenoxy) is 1. The van der Waals surface area contributed by atoms with E-state index in [4.69, 9.17) is 4.74 Å². The first-order valence-corrected chi connectivity index (χ1v) is 9.81. The van der Waals surface area contributed by atoms with Gasteiger partial charge in [-0.25, -0.2) is 0 Å². The molecule has 0 aliphatic carbocycles. The first-order valence-electron chi connectivity index (χ1n) is 9.81. The molecule has 146 valence electrons. The first-order chi connectivity index (χ1) is 13.5. The van der Waals surface area contributed by atoms with E-state index in [1.807, 2.05) is 62.4 Å². The third-order valence-corrected chi connectivity index (χ3v) is 5.57. The third kappa shape index (κ3) is 3.42. The van der Waals surface area contributed by atoms with Gasteiger partial charge in [0.2, 0.25) is 5.91 Å². The first kappa shape index (κ1) is 18.7. The zero-order valence-corrected chi connectivity index (χ0v) is 16.4. The highest BCUT2D eigenvalue weighted by Gasteiger charge is 2.51. The minimum atomic E-state index is -0.574. The van der Waals surface area contributed by atoms with Crippen LogP contribution in [0.1, 0.15) is 40.9 Å². The molecule has 1 saturated heterocycles. The van der Waals surface area contributed by atoms with Crippen LogP contribution in [0.2, 0.25) is 0 Å². The number of hydrogen-bond acceptors (Lipinski definition) is 3. The Balaban J connectivity index is 1.54. The summed E-state index contributed by atoms with van der Waals surface area (Å²) in [5, 5.41) is 3.05. The molecule has 0 radical (unpaired) electrons. The van der Waals surface area contributed by atoms with Crippen LogP contribution in [0.25, 0.3) is 0 Å². The topological polar surface area (TPSA) is 58.6 Å². The number of hydrogen-bond donors (Lipinski definition) is 1. The van der Waals surface area contributed by atoms with Crippen LogP contribution < -0.4 is 5.32 Å². The van der Waals surface area contributed by atoms with Crippen molar-refractivity contribution < 1.29 is 14.3 Å². The maximum absolute atomic E-state index is 13.1. The van der Waals surface area contributed by atoms with E-state index in [0.717, 1.165) is 16.7 Å². The van der Waals surface area contributed by atoms with E-state index in [9.17, 15) is 9.59 Å². The molecule has 5 nitrogen and oxygen atoms in total. The zero-order valence-electron chi connectivity index (χ0n) is 16.4. The molecule has 0 saturated carbocycles. The van der Waals surface area contributed by atoms with Crippen molar-refractivity contribution in [1.82, 2.24) is 10.2 Å². The molecule has 2 heterocycles. The molecule has 0 atom stereocenters. The number of rotatable bonds is 5. The summed E-state index contributed by atoms with van der Waals surface area (Å²) in [6.07, 6.45) is 0.631. The van der Waals surface area contributed by atoms with Gasteiger partial charge in [-0.2, -0.15) is 0 Å². The van der Waals surface area contributed by atoms with E-state index < -0.39 is 5.41 Å². The fraction of sp³-hybridized carbons (Fsp3) is 0.391. The molecule has 2 amide bonds. The number of fused-ring (bicyclic) bond motifs is 1. The summed E-state index contributed by atoms with van der Waals surface area (Å²) in [5.41, 5.74) is 3.31. The number of nitrogens with one attached hydrogen (secondary N) is 1. The van der Waals surface area contributed by atoms with Crippen LogP contribution >= 0.6 is 0 Å². The van der Waals surface area contributed by atoms with Crippen molar-refractivity contribution >= 4 is 11.8 Å². The molecule has 2 aromatic rings. The lowest BCUT2D eigenvalue weighted by molar-refractivity contribution is -0.139. The van der Waals surface area contributed by atoms with Gasteiger partial charge in [-0.15, -0.1) is 0 Å². The molecule has 1 fully saturated rings. The predicted octanol–water partition coefficient (Wildman–Crippen LogP) is 2.93. The van der Waals surface area contributed by atoms with Gasteiger partial charge >= 0.3 is 0 Å². The van der Waals surface area contributed by atoms with Gasteiger partial charge in [-0.1, -0.05) is 42.5 Å². The summed E-state index contributed by atoms with van der Waals surface area (Å²) in [7, 11) is 0. The van der Waals surface area contributed by atoms with E-state index >= 15 is 0 Å². The lowest BCUT2D eigenvalue weighted by atomic mass is 9.73. The smallest absolute Gasteiger partial charge is 0.254 e. The largest absolute Gasteiger partial charge is 0.372 e. The SMILES string of the molecule is CC(C)NC(=O)C1(Cc2ccccc2)CN(C(=O)c2cccc3c2COC3)C1. The predicted molar refractivity (Wildman–Crippen MR) is 107 cm³/mol. The molecule has 1 N–H and O–H groups in total. The Morgan fingerprint density at radius 3 is 2.54 bits per heavy atom. The van der Waals surface area contributed by atoms with Crippen molar-refractivity contribution in [2.24, 2.45) is 5.41 Å². The Morgan fingerprint density at radius 1 is 1.07 bits per heavy atom. The minimum Gasteiger partial charge on any atom is -0.372 e. The number of carbonyl (C=O) groups is 2. The van der Waals surface area contributed by atoms with Crippen molar-refractivity contribution in [3.63, 3.8) is 0 Å². The fourth-order valence-corrected chi connectivity index (χ4v) is 4.14. The molecular weight excluding hydrogens is 352 g/mol. The molecule has 0 bridgehead atoms. The minimum absolute atomic E-state index is 0.0108. The highest BCUT2D eigenvalue weighted by molar-refractivity contribution is 5.98. The second-order valence-electron chi connectivity index (χ2n) is 8.17. The van der Waals surface area contributed by atoms with Gasteiger partial charge < -0.3 is 15.0 Å². The summed E-state index contributed by atoms with van der Waals surface area (Å²) >= 11 is 0. The highest BCUT2D eigenvalue weighted by Crippen LogP contribution is 2.37. The van der Waals surface area contributed by atoms with Gasteiger partial charge in [0.25, 0.3) is 5.91 Å². The van der Waals surface area contributed by atoms with Gasteiger partial charge in [-0.3, -0.25) is 9.59 Å². The van der Waals surface area contributed by atoms with Gasteiger partial charge in [0, 0.05) is 24.7 Å². The molecule has 0 aromatic heterocycles. The monoisotopic (exact) mass is 378 g/mol. The van der Waals surface area contributed by atoms with Crippen LogP contribution in [0, 0.1) is 5.41 Å². The van der Waals surface area contributed by atoms with Crippen LogP contribution in [0.15, 0.2) is 48.5 Å². The van der Waals surface area contributed by atoms with Gasteiger partial charge in [0.05, 0.1) is 18.6 Å². The lowest BCUT2D eigenvalue weighted by Gasteiger charge is -2.49. The zero-order chi connectivity index (χ0) is 19.7. The van der Waals surface area contributed by atoms with Crippen molar-refractivity contribution in [2.45, 2.75) is 39.5 Å². The maximum atomic E-state index is 13.1. The second kappa shape index (κ2) is 7.40. The number of likely N-dealkylation sites (tertiary alicyclic amines) is 1. The fourth-order valence-electron chi connectivity index (χ4n) is 4.14.